The minimum atomic E-state index is -0.648. The molecule has 0 aliphatic carbocycles. The molecule has 0 aromatic carbocycles. The van der Waals surface area contributed by atoms with Crippen molar-refractivity contribution in [3.63, 3.8) is 0 Å². The van der Waals surface area contributed by atoms with Crippen LogP contribution in [0.15, 0.2) is 0 Å². The van der Waals surface area contributed by atoms with Crippen molar-refractivity contribution in [1.29, 1.82) is 0 Å². The maximum Gasteiger partial charge on any atom is 0.303 e. The van der Waals surface area contributed by atoms with Gasteiger partial charge in [0.1, 0.15) is 0 Å². The van der Waals surface area contributed by atoms with Crippen LogP contribution in [-0.2, 0) is 4.79 Å². The van der Waals surface area contributed by atoms with Gasteiger partial charge in [-0.25, -0.2) is 0 Å². The molecule has 0 radical (unpaired) electrons. The van der Waals surface area contributed by atoms with Crippen molar-refractivity contribution in [3.8, 4) is 0 Å². The zero-order valence-electron chi connectivity index (χ0n) is 10.1. The first-order chi connectivity index (χ1) is 7.00. The molecule has 0 bridgehead atoms. The molecule has 0 aromatic heterocycles. The van der Waals surface area contributed by atoms with E-state index in [0.717, 1.165) is 19.4 Å². The number of carboxylic acids is 1. The first kappa shape index (κ1) is 12.5. The standard InChI is InChI=1S/C12H23NO2/c1-9(2)4-5-11-10(8-12(14)15)6-7-13(11)3/h9-11H,4-8H2,1-3H3,(H,14,15). The second-order valence-corrected chi connectivity index (χ2v) is 5.17. The molecule has 15 heavy (non-hydrogen) atoms. The van der Waals surface area contributed by atoms with E-state index in [0.29, 0.717) is 24.3 Å². The zero-order chi connectivity index (χ0) is 11.4. The Morgan fingerprint density at radius 1 is 1.53 bits per heavy atom. The first-order valence-electron chi connectivity index (χ1n) is 5.92. The maximum absolute atomic E-state index is 10.7. The fourth-order valence-corrected chi connectivity index (χ4v) is 2.51. The van der Waals surface area contributed by atoms with Crippen LogP contribution in [0.3, 0.4) is 0 Å². The van der Waals surface area contributed by atoms with Gasteiger partial charge in [0.25, 0.3) is 0 Å². The van der Waals surface area contributed by atoms with Crippen LogP contribution in [0.25, 0.3) is 0 Å². The average Bonchev–Trinajstić information content (AvgIpc) is 2.43. The monoisotopic (exact) mass is 213 g/mol. The van der Waals surface area contributed by atoms with Gasteiger partial charge in [-0.3, -0.25) is 4.79 Å². The Morgan fingerprint density at radius 2 is 2.20 bits per heavy atom. The minimum Gasteiger partial charge on any atom is -0.481 e. The van der Waals surface area contributed by atoms with Crippen molar-refractivity contribution in [3.05, 3.63) is 0 Å². The highest BCUT2D eigenvalue weighted by Gasteiger charge is 2.32. The molecule has 1 N–H and O–H groups in total. The molecule has 1 heterocycles. The molecular weight excluding hydrogens is 190 g/mol. The molecule has 1 fully saturated rings. The van der Waals surface area contributed by atoms with Gasteiger partial charge in [-0.2, -0.15) is 0 Å². The summed E-state index contributed by atoms with van der Waals surface area (Å²) in [7, 11) is 2.12. The lowest BCUT2D eigenvalue weighted by atomic mass is 9.91. The van der Waals surface area contributed by atoms with Gasteiger partial charge in [0, 0.05) is 12.5 Å². The molecule has 1 aliphatic rings. The van der Waals surface area contributed by atoms with Crippen molar-refractivity contribution in [1.82, 2.24) is 4.90 Å². The molecule has 1 rings (SSSR count). The van der Waals surface area contributed by atoms with E-state index in [9.17, 15) is 4.79 Å². The highest BCUT2D eigenvalue weighted by atomic mass is 16.4. The molecule has 88 valence electrons. The van der Waals surface area contributed by atoms with E-state index in [4.69, 9.17) is 5.11 Å². The minimum absolute atomic E-state index is 0.340. The maximum atomic E-state index is 10.7. The molecule has 0 saturated carbocycles. The van der Waals surface area contributed by atoms with E-state index >= 15 is 0 Å². The Kier molecular flexibility index (Phi) is 4.58. The largest absolute Gasteiger partial charge is 0.481 e. The third kappa shape index (κ3) is 3.82. The van der Waals surface area contributed by atoms with E-state index in [-0.39, 0.29) is 0 Å². The van der Waals surface area contributed by atoms with Crippen LogP contribution < -0.4 is 0 Å². The second kappa shape index (κ2) is 5.50. The molecule has 3 heteroatoms. The van der Waals surface area contributed by atoms with Gasteiger partial charge in [-0.05, 0) is 44.7 Å². The van der Waals surface area contributed by atoms with E-state index in [1.807, 2.05) is 0 Å². The molecule has 1 saturated heterocycles. The lowest BCUT2D eigenvalue weighted by Gasteiger charge is -2.24. The molecular formula is C12H23NO2. The van der Waals surface area contributed by atoms with Gasteiger partial charge >= 0.3 is 5.97 Å². The number of carboxylic acid groups (broad SMARTS) is 1. The van der Waals surface area contributed by atoms with Crippen LogP contribution in [-0.4, -0.2) is 35.6 Å². The number of rotatable bonds is 5. The lowest BCUT2D eigenvalue weighted by molar-refractivity contribution is -0.138. The number of nitrogens with zero attached hydrogens (tertiary/aromatic N) is 1. The Morgan fingerprint density at radius 3 is 2.73 bits per heavy atom. The summed E-state index contributed by atoms with van der Waals surface area (Å²) < 4.78 is 0. The van der Waals surface area contributed by atoms with Gasteiger partial charge in [0.2, 0.25) is 0 Å². The molecule has 1 aliphatic heterocycles. The highest BCUT2D eigenvalue weighted by molar-refractivity contribution is 5.67. The smallest absolute Gasteiger partial charge is 0.303 e. The van der Waals surface area contributed by atoms with Crippen LogP contribution >= 0.6 is 0 Å². The predicted octanol–water partition coefficient (Wildman–Crippen LogP) is 2.22. The lowest BCUT2D eigenvalue weighted by Crippen LogP contribution is -2.30. The van der Waals surface area contributed by atoms with Crippen LogP contribution in [0, 0.1) is 11.8 Å². The highest BCUT2D eigenvalue weighted by Crippen LogP contribution is 2.29. The fraction of sp³-hybridized carbons (Fsp3) is 0.917. The van der Waals surface area contributed by atoms with Gasteiger partial charge in [-0.15, -0.1) is 0 Å². The van der Waals surface area contributed by atoms with Crippen LogP contribution in [0.1, 0.15) is 39.5 Å². The quantitative estimate of drug-likeness (QED) is 0.761. The SMILES string of the molecule is CC(C)CCC1C(CC(=O)O)CCN1C. The summed E-state index contributed by atoms with van der Waals surface area (Å²) in [5.74, 6) is 0.431. The Hall–Kier alpha value is -0.570. The van der Waals surface area contributed by atoms with Crippen molar-refractivity contribution in [2.45, 2.75) is 45.6 Å². The van der Waals surface area contributed by atoms with Crippen molar-refractivity contribution in [2.24, 2.45) is 11.8 Å². The van der Waals surface area contributed by atoms with Crippen LogP contribution in [0.2, 0.25) is 0 Å². The van der Waals surface area contributed by atoms with Crippen molar-refractivity contribution >= 4 is 5.97 Å². The molecule has 3 nitrogen and oxygen atoms in total. The summed E-state index contributed by atoms with van der Waals surface area (Å²) in [5.41, 5.74) is 0. The Labute approximate surface area is 92.5 Å². The molecule has 0 aromatic rings. The normalized spacial score (nSPS) is 27.5. The molecule has 2 unspecified atom stereocenters. The summed E-state index contributed by atoms with van der Waals surface area (Å²) in [5, 5.41) is 8.84. The third-order valence-corrected chi connectivity index (χ3v) is 3.44. The number of likely N-dealkylation sites (tertiary alicyclic amines) is 1. The van der Waals surface area contributed by atoms with Gasteiger partial charge in [0.15, 0.2) is 0 Å². The van der Waals surface area contributed by atoms with E-state index in [1.54, 1.807) is 0 Å². The van der Waals surface area contributed by atoms with E-state index in [1.165, 1.54) is 6.42 Å². The Balaban J connectivity index is 2.45. The Bertz CT molecular complexity index is 216. The molecule has 2 atom stereocenters. The number of aliphatic carboxylic acids is 1. The van der Waals surface area contributed by atoms with E-state index < -0.39 is 5.97 Å². The summed E-state index contributed by atoms with van der Waals surface area (Å²) >= 11 is 0. The number of hydrogen-bond acceptors (Lipinski definition) is 2. The summed E-state index contributed by atoms with van der Waals surface area (Å²) in [6, 6.07) is 0.489. The number of hydrogen-bond donors (Lipinski definition) is 1. The summed E-state index contributed by atoms with van der Waals surface area (Å²) in [6.07, 6.45) is 3.73. The second-order valence-electron chi connectivity index (χ2n) is 5.17. The first-order valence-corrected chi connectivity index (χ1v) is 5.92. The fourth-order valence-electron chi connectivity index (χ4n) is 2.51. The molecule has 0 amide bonds. The van der Waals surface area contributed by atoms with Crippen LogP contribution in [0.5, 0.6) is 0 Å². The summed E-state index contributed by atoms with van der Waals surface area (Å²) in [4.78, 5) is 13.1. The van der Waals surface area contributed by atoms with E-state index in [2.05, 4.69) is 25.8 Å². The van der Waals surface area contributed by atoms with Gasteiger partial charge < -0.3 is 10.0 Å². The van der Waals surface area contributed by atoms with Crippen molar-refractivity contribution < 1.29 is 9.90 Å². The number of carbonyl (C=O) groups is 1. The third-order valence-electron chi connectivity index (χ3n) is 3.44. The summed E-state index contributed by atoms with van der Waals surface area (Å²) in [6.45, 7) is 5.50. The van der Waals surface area contributed by atoms with Crippen molar-refractivity contribution in [2.75, 3.05) is 13.6 Å². The van der Waals surface area contributed by atoms with Crippen LogP contribution in [0.4, 0.5) is 0 Å². The predicted molar refractivity (Wildman–Crippen MR) is 60.8 cm³/mol. The topological polar surface area (TPSA) is 40.5 Å². The average molecular weight is 213 g/mol. The molecule has 0 spiro atoms. The zero-order valence-corrected chi connectivity index (χ0v) is 10.1. The van der Waals surface area contributed by atoms with Gasteiger partial charge in [-0.1, -0.05) is 13.8 Å². The van der Waals surface area contributed by atoms with Gasteiger partial charge in [0.05, 0.1) is 0 Å².